The summed E-state index contributed by atoms with van der Waals surface area (Å²) in [5.74, 6) is 0.399. The fourth-order valence-electron chi connectivity index (χ4n) is 2.38. The van der Waals surface area contributed by atoms with Crippen molar-refractivity contribution in [3.8, 4) is 0 Å². The summed E-state index contributed by atoms with van der Waals surface area (Å²) in [6.07, 6.45) is 2.60. The maximum atomic E-state index is 12.1. The van der Waals surface area contributed by atoms with Crippen molar-refractivity contribution in [1.82, 2.24) is 0 Å². The molecule has 0 saturated carbocycles. The molecule has 0 aromatic heterocycles. The van der Waals surface area contributed by atoms with Gasteiger partial charge in [-0.05, 0) is 24.8 Å². The fraction of sp³-hybridized carbons (Fsp3) is 0.533. The zero-order valence-corrected chi connectivity index (χ0v) is 10.9. The van der Waals surface area contributed by atoms with E-state index in [1.807, 2.05) is 24.3 Å². The lowest BCUT2D eigenvalue weighted by Gasteiger charge is -2.08. The summed E-state index contributed by atoms with van der Waals surface area (Å²) < 4.78 is 10.5. The Labute approximate surface area is 108 Å². The number of rotatable bonds is 7. The largest absolute Gasteiger partial charge is 0.385 e. The van der Waals surface area contributed by atoms with Gasteiger partial charge >= 0.3 is 0 Å². The molecule has 0 spiro atoms. The predicted octanol–water partition coefficient (Wildman–Crippen LogP) is 2.48. The third-order valence-corrected chi connectivity index (χ3v) is 3.37. The third kappa shape index (κ3) is 3.18. The molecule has 1 aliphatic carbocycles. The Morgan fingerprint density at radius 3 is 2.83 bits per heavy atom. The highest BCUT2D eigenvalue weighted by atomic mass is 16.5. The molecule has 0 amide bonds. The van der Waals surface area contributed by atoms with Gasteiger partial charge in [0, 0.05) is 38.4 Å². The van der Waals surface area contributed by atoms with Gasteiger partial charge in [-0.15, -0.1) is 0 Å². The molecule has 1 aliphatic rings. The maximum Gasteiger partial charge on any atom is 0.166 e. The fourth-order valence-corrected chi connectivity index (χ4v) is 2.38. The van der Waals surface area contributed by atoms with E-state index in [2.05, 4.69) is 0 Å². The molecular weight excluding hydrogens is 228 g/mol. The molecule has 1 unspecified atom stereocenters. The van der Waals surface area contributed by atoms with Crippen LogP contribution in [0.1, 0.15) is 28.8 Å². The Bertz CT molecular complexity index is 400. The lowest BCUT2D eigenvalue weighted by atomic mass is 10.0. The molecule has 98 valence electrons. The molecular formula is C15H20O3. The van der Waals surface area contributed by atoms with Crippen LogP contribution >= 0.6 is 0 Å². The van der Waals surface area contributed by atoms with Gasteiger partial charge in [0.25, 0.3) is 0 Å². The van der Waals surface area contributed by atoms with Crippen molar-refractivity contribution >= 4 is 5.78 Å². The van der Waals surface area contributed by atoms with Gasteiger partial charge in [-0.3, -0.25) is 4.79 Å². The van der Waals surface area contributed by atoms with Crippen LogP contribution in [0.4, 0.5) is 0 Å². The molecule has 18 heavy (non-hydrogen) atoms. The number of ketones is 1. The molecule has 3 nitrogen and oxygen atoms in total. The summed E-state index contributed by atoms with van der Waals surface area (Å²) in [4.78, 5) is 12.1. The van der Waals surface area contributed by atoms with Crippen LogP contribution in [0.25, 0.3) is 0 Å². The normalized spacial score (nSPS) is 18.1. The van der Waals surface area contributed by atoms with Crippen LogP contribution < -0.4 is 0 Å². The SMILES string of the molecule is COCCCOCCC1Cc2ccccc2C1=O. The van der Waals surface area contributed by atoms with Crippen molar-refractivity contribution in [2.24, 2.45) is 5.92 Å². The number of hydrogen-bond donors (Lipinski definition) is 0. The minimum Gasteiger partial charge on any atom is -0.385 e. The van der Waals surface area contributed by atoms with Crippen LogP contribution in [0.3, 0.4) is 0 Å². The Hall–Kier alpha value is -1.19. The highest BCUT2D eigenvalue weighted by Gasteiger charge is 2.29. The Morgan fingerprint density at radius 2 is 2.06 bits per heavy atom. The highest BCUT2D eigenvalue weighted by Crippen LogP contribution is 2.28. The first-order chi connectivity index (χ1) is 8.83. The molecule has 1 aromatic rings. The van der Waals surface area contributed by atoms with Crippen LogP contribution in [0.15, 0.2) is 24.3 Å². The van der Waals surface area contributed by atoms with Crippen LogP contribution in [0.2, 0.25) is 0 Å². The maximum absolute atomic E-state index is 12.1. The van der Waals surface area contributed by atoms with Crippen LogP contribution in [0.5, 0.6) is 0 Å². The second-order valence-electron chi connectivity index (χ2n) is 4.67. The lowest BCUT2D eigenvalue weighted by Crippen LogP contribution is -2.12. The molecule has 0 aliphatic heterocycles. The molecule has 0 heterocycles. The molecule has 0 saturated heterocycles. The van der Waals surface area contributed by atoms with E-state index in [-0.39, 0.29) is 11.7 Å². The molecule has 0 radical (unpaired) electrons. The van der Waals surface area contributed by atoms with Crippen molar-refractivity contribution in [2.45, 2.75) is 19.3 Å². The van der Waals surface area contributed by atoms with Gasteiger partial charge in [-0.2, -0.15) is 0 Å². The number of Topliss-reactive ketones (excluding diaryl/α,β-unsaturated/α-hetero) is 1. The first kappa shape index (κ1) is 13.2. The number of fused-ring (bicyclic) bond motifs is 1. The predicted molar refractivity (Wildman–Crippen MR) is 69.9 cm³/mol. The number of methoxy groups -OCH3 is 1. The topological polar surface area (TPSA) is 35.5 Å². The number of carbonyl (C=O) groups excluding carboxylic acids is 1. The van der Waals surface area contributed by atoms with E-state index in [9.17, 15) is 4.79 Å². The van der Waals surface area contributed by atoms with Crippen LogP contribution in [-0.4, -0.2) is 32.7 Å². The van der Waals surface area contributed by atoms with E-state index in [1.54, 1.807) is 7.11 Å². The van der Waals surface area contributed by atoms with Gasteiger partial charge in [0.15, 0.2) is 5.78 Å². The summed E-state index contributed by atoms with van der Waals surface area (Å²) in [5, 5.41) is 0. The average Bonchev–Trinajstić information content (AvgIpc) is 2.71. The summed E-state index contributed by atoms with van der Waals surface area (Å²) in [6.45, 7) is 2.10. The second-order valence-corrected chi connectivity index (χ2v) is 4.67. The van der Waals surface area contributed by atoms with Crippen molar-refractivity contribution in [2.75, 3.05) is 26.9 Å². The van der Waals surface area contributed by atoms with E-state index in [0.29, 0.717) is 13.2 Å². The number of benzene rings is 1. The minimum atomic E-state index is 0.116. The molecule has 1 atom stereocenters. The molecule has 0 fully saturated rings. The van der Waals surface area contributed by atoms with Crippen LogP contribution in [-0.2, 0) is 15.9 Å². The number of hydrogen-bond acceptors (Lipinski definition) is 3. The highest BCUT2D eigenvalue weighted by molar-refractivity contribution is 6.02. The third-order valence-electron chi connectivity index (χ3n) is 3.37. The molecule has 2 rings (SSSR count). The van der Waals surface area contributed by atoms with Crippen molar-refractivity contribution < 1.29 is 14.3 Å². The van der Waals surface area contributed by atoms with E-state index >= 15 is 0 Å². The molecule has 3 heteroatoms. The van der Waals surface area contributed by atoms with E-state index in [4.69, 9.17) is 9.47 Å². The monoisotopic (exact) mass is 248 g/mol. The Balaban J connectivity index is 1.72. The van der Waals surface area contributed by atoms with Gasteiger partial charge < -0.3 is 9.47 Å². The Morgan fingerprint density at radius 1 is 1.22 bits per heavy atom. The van der Waals surface area contributed by atoms with Crippen LogP contribution in [0, 0.1) is 5.92 Å². The smallest absolute Gasteiger partial charge is 0.166 e. The zero-order valence-electron chi connectivity index (χ0n) is 10.9. The number of ether oxygens (including phenoxy) is 2. The van der Waals surface area contributed by atoms with Gasteiger partial charge in [-0.1, -0.05) is 24.3 Å². The van der Waals surface area contributed by atoms with E-state index < -0.39 is 0 Å². The molecule has 1 aromatic carbocycles. The summed E-state index contributed by atoms with van der Waals surface area (Å²) in [5.41, 5.74) is 2.09. The van der Waals surface area contributed by atoms with Gasteiger partial charge in [0.05, 0.1) is 0 Å². The number of carbonyl (C=O) groups is 1. The standard InChI is InChI=1S/C15H20O3/c1-17-8-4-9-18-10-7-13-11-12-5-2-3-6-14(12)15(13)16/h2-3,5-6,13H,4,7-11H2,1H3. The summed E-state index contributed by atoms with van der Waals surface area (Å²) in [7, 11) is 1.69. The zero-order chi connectivity index (χ0) is 12.8. The average molecular weight is 248 g/mol. The lowest BCUT2D eigenvalue weighted by molar-refractivity contribution is 0.0801. The first-order valence-electron chi connectivity index (χ1n) is 6.51. The van der Waals surface area contributed by atoms with Gasteiger partial charge in [0.1, 0.15) is 0 Å². The quantitative estimate of drug-likeness (QED) is 0.695. The first-order valence-corrected chi connectivity index (χ1v) is 6.51. The minimum absolute atomic E-state index is 0.116. The van der Waals surface area contributed by atoms with Crippen molar-refractivity contribution in [3.05, 3.63) is 35.4 Å². The molecule has 0 bridgehead atoms. The van der Waals surface area contributed by atoms with Crippen molar-refractivity contribution in [1.29, 1.82) is 0 Å². The summed E-state index contributed by atoms with van der Waals surface area (Å²) in [6, 6.07) is 7.90. The summed E-state index contributed by atoms with van der Waals surface area (Å²) >= 11 is 0. The Kier molecular flexibility index (Phi) is 4.90. The van der Waals surface area contributed by atoms with E-state index in [1.165, 1.54) is 5.56 Å². The second kappa shape index (κ2) is 6.66. The van der Waals surface area contributed by atoms with E-state index in [0.717, 1.165) is 31.4 Å². The van der Waals surface area contributed by atoms with Gasteiger partial charge in [-0.25, -0.2) is 0 Å². The molecule has 0 N–H and O–H groups in total. The van der Waals surface area contributed by atoms with Gasteiger partial charge in [0.2, 0.25) is 0 Å². The van der Waals surface area contributed by atoms with Crippen molar-refractivity contribution in [3.63, 3.8) is 0 Å².